The molecule has 2 N–H and O–H groups in total. The van der Waals surface area contributed by atoms with Gasteiger partial charge in [0, 0.05) is 29.3 Å². The molecule has 0 aliphatic carbocycles. The Kier molecular flexibility index (Phi) is 5.76. The number of aromatic nitrogens is 1. The number of nitrogens with zero attached hydrogens (tertiary/aromatic N) is 1. The molecule has 7 heteroatoms. The Bertz CT molecular complexity index is 1430. The molecule has 3 aromatic carbocycles. The molecule has 4 aromatic rings. The van der Waals surface area contributed by atoms with Crippen LogP contribution in [0.3, 0.4) is 0 Å². The molecule has 0 amide bonds. The summed E-state index contributed by atoms with van der Waals surface area (Å²) in [6.45, 7) is 7.28. The van der Waals surface area contributed by atoms with Crippen LogP contribution in [0.5, 0.6) is 0 Å². The number of nitrogens with one attached hydrogen (secondary N) is 1. The van der Waals surface area contributed by atoms with Gasteiger partial charge >= 0.3 is 5.97 Å². The fraction of sp³-hybridized carbons (Fsp3) is 0.192. The number of hydrogen-bond acceptors (Lipinski definition) is 3. The van der Waals surface area contributed by atoms with Crippen LogP contribution < -0.4 is 4.72 Å². The summed E-state index contributed by atoms with van der Waals surface area (Å²) in [5.74, 6) is -1.18. The maximum absolute atomic E-state index is 12.7. The molecular formula is C26H26N2O4S. The fourth-order valence-electron chi connectivity index (χ4n) is 3.72. The predicted octanol–water partition coefficient (Wildman–Crippen LogP) is 5.49. The van der Waals surface area contributed by atoms with E-state index in [2.05, 4.69) is 54.3 Å². The Morgan fingerprint density at radius 1 is 0.970 bits per heavy atom. The molecule has 170 valence electrons. The largest absolute Gasteiger partial charge is 0.478 e. The Hall–Kier alpha value is -3.58. The van der Waals surface area contributed by atoms with Gasteiger partial charge in [0.2, 0.25) is 0 Å². The van der Waals surface area contributed by atoms with Crippen molar-refractivity contribution in [3.05, 3.63) is 95.7 Å². The number of carbonyl (C=O) groups is 1. The van der Waals surface area contributed by atoms with Gasteiger partial charge in [0.15, 0.2) is 0 Å². The van der Waals surface area contributed by atoms with Crippen LogP contribution in [0, 0.1) is 0 Å². The molecule has 0 aliphatic heterocycles. The van der Waals surface area contributed by atoms with Gasteiger partial charge in [-0.05, 0) is 59.0 Å². The molecule has 0 fully saturated rings. The predicted molar refractivity (Wildman–Crippen MR) is 130 cm³/mol. The summed E-state index contributed by atoms with van der Waals surface area (Å²) in [5, 5.41) is 10.0. The monoisotopic (exact) mass is 462 g/mol. The molecule has 0 radical (unpaired) electrons. The first kappa shape index (κ1) is 22.6. The Balaban J connectivity index is 1.55. The molecule has 1 heterocycles. The SMILES string of the molecule is CC(C)(C)c1ccc(Cn2ccc3cc(NS(=O)(=O)c4cccc(C(=O)O)c4)ccc32)cc1. The van der Waals surface area contributed by atoms with Crippen LogP contribution >= 0.6 is 0 Å². The second-order valence-corrected chi connectivity index (χ2v) is 10.8. The van der Waals surface area contributed by atoms with Crippen LogP contribution in [0.25, 0.3) is 10.9 Å². The van der Waals surface area contributed by atoms with Gasteiger partial charge < -0.3 is 9.67 Å². The Morgan fingerprint density at radius 3 is 2.36 bits per heavy atom. The Morgan fingerprint density at radius 2 is 1.70 bits per heavy atom. The van der Waals surface area contributed by atoms with Gasteiger partial charge in [-0.3, -0.25) is 4.72 Å². The molecule has 33 heavy (non-hydrogen) atoms. The normalized spacial score (nSPS) is 12.1. The smallest absolute Gasteiger partial charge is 0.335 e. The minimum atomic E-state index is -3.92. The second-order valence-electron chi connectivity index (χ2n) is 9.10. The van der Waals surface area contributed by atoms with Crippen LogP contribution in [0.1, 0.15) is 42.3 Å². The molecule has 0 saturated heterocycles. The third kappa shape index (κ3) is 4.93. The van der Waals surface area contributed by atoms with Crippen molar-refractivity contribution in [2.45, 2.75) is 37.6 Å². The van der Waals surface area contributed by atoms with E-state index >= 15 is 0 Å². The standard InChI is InChI=1S/C26H26N2O4S/c1-26(2,3)21-9-7-18(8-10-21)17-28-14-13-19-15-22(11-12-24(19)28)27-33(31,32)23-6-4-5-20(16-23)25(29)30/h4-16,27H,17H2,1-3H3,(H,29,30). The molecular weight excluding hydrogens is 436 g/mol. The highest BCUT2D eigenvalue weighted by Gasteiger charge is 2.17. The zero-order valence-corrected chi connectivity index (χ0v) is 19.6. The summed E-state index contributed by atoms with van der Waals surface area (Å²) in [6.07, 6.45) is 1.98. The van der Waals surface area contributed by atoms with Gasteiger partial charge in [0.1, 0.15) is 0 Å². The molecule has 0 unspecified atom stereocenters. The van der Waals surface area contributed by atoms with Crippen LogP contribution in [-0.4, -0.2) is 24.1 Å². The Labute approximate surface area is 193 Å². The van der Waals surface area contributed by atoms with Crippen molar-refractivity contribution in [1.29, 1.82) is 0 Å². The number of anilines is 1. The van der Waals surface area contributed by atoms with Gasteiger partial charge in [0.05, 0.1) is 10.5 Å². The first-order valence-electron chi connectivity index (χ1n) is 10.6. The number of benzene rings is 3. The van der Waals surface area contributed by atoms with E-state index in [9.17, 15) is 13.2 Å². The lowest BCUT2D eigenvalue weighted by atomic mass is 9.87. The van der Waals surface area contributed by atoms with E-state index < -0.39 is 16.0 Å². The zero-order chi connectivity index (χ0) is 23.8. The van der Waals surface area contributed by atoms with Crippen LogP contribution in [-0.2, 0) is 22.0 Å². The van der Waals surface area contributed by atoms with Gasteiger partial charge in [0.25, 0.3) is 10.0 Å². The van der Waals surface area contributed by atoms with Crippen molar-refractivity contribution < 1.29 is 18.3 Å². The fourth-order valence-corrected chi connectivity index (χ4v) is 4.81. The average molecular weight is 463 g/mol. The number of hydrogen-bond donors (Lipinski definition) is 2. The zero-order valence-electron chi connectivity index (χ0n) is 18.7. The third-order valence-corrected chi connectivity index (χ3v) is 6.97. The van der Waals surface area contributed by atoms with Gasteiger partial charge in [-0.25, -0.2) is 13.2 Å². The molecule has 1 aromatic heterocycles. The lowest BCUT2D eigenvalue weighted by Crippen LogP contribution is -2.13. The quantitative estimate of drug-likeness (QED) is 0.397. The summed E-state index contributed by atoms with van der Waals surface area (Å²) < 4.78 is 30.2. The summed E-state index contributed by atoms with van der Waals surface area (Å²) in [6, 6.07) is 21.2. The minimum Gasteiger partial charge on any atom is -0.478 e. The van der Waals surface area contributed by atoms with Crippen molar-refractivity contribution in [2.75, 3.05) is 4.72 Å². The third-order valence-electron chi connectivity index (χ3n) is 5.59. The van der Waals surface area contributed by atoms with E-state index in [1.165, 1.54) is 29.3 Å². The molecule has 4 rings (SSSR count). The number of aromatic carboxylic acids is 1. The lowest BCUT2D eigenvalue weighted by molar-refractivity contribution is 0.0696. The van der Waals surface area contributed by atoms with Crippen LogP contribution in [0.2, 0.25) is 0 Å². The number of fused-ring (bicyclic) bond motifs is 1. The molecule has 6 nitrogen and oxygen atoms in total. The lowest BCUT2D eigenvalue weighted by Gasteiger charge is -2.19. The molecule has 0 bridgehead atoms. The van der Waals surface area contributed by atoms with Crippen molar-refractivity contribution in [2.24, 2.45) is 0 Å². The van der Waals surface area contributed by atoms with Crippen LogP contribution in [0.4, 0.5) is 5.69 Å². The van der Waals surface area contributed by atoms with E-state index in [4.69, 9.17) is 5.11 Å². The average Bonchev–Trinajstić information content (AvgIpc) is 3.15. The number of sulfonamides is 1. The summed E-state index contributed by atoms with van der Waals surface area (Å²) >= 11 is 0. The highest BCUT2D eigenvalue weighted by atomic mass is 32.2. The molecule has 0 atom stereocenters. The summed E-state index contributed by atoms with van der Waals surface area (Å²) in [4.78, 5) is 11.1. The second kappa shape index (κ2) is 8.41. The van der Waals surface area contributed by atoms with Crippen molar-refractivity contribution in [3.63, 3.8) is 0 Å². The first-order chi connectivity index (χ1) is 15.5. The van der Waals surface area contributed by atoms with Crippen molar-refractivity contribution in [3.8, 4) is 0 Å². The minimum absolute atomic E-state index is 0.0825. The van der Waals surface area contributed by atoms with E-state index in [-0.39, 0.29) is 15.9 Å². The van der Waals surface area contributed by atoms with Crippen molar-refractivity contribution >= 4 is 32.6 Å². The highest BCUT2D eigenvalue weighted by molar-refractivity contribution is 7.92. The maximum atomic E-state index is 12.7. The molecule has 0 saturated carbocycles. The number of carboxylic acid groups (broad SMARTS) is 1. The molecule has 0 spiro atoms. The number of rotatable bonds is 6. The van der Waals surface area contributed by atoms with E-state index in [0.29, 0.717) is 12.2 Å². The van der Waals surface area contributed by atoms with Crippen molar-refractivity contribution in [1.82, 2.24) is 4.57 Å². The maximum Gasteiger partial charge on any atom is 0.335 e. The highest BCUT2D eigenvalue weighted by Crippen LogP contribution is 2.25. The van der Waals surface area contributed by atoms with E-state index in [0.717, 1.165) is 17.0 Å². The number of carboxylic acids is 1. The van der Waals surface area contributed by atoms with Crippen LogP contribution in [0.15, 0.2) is 83.9 Å². The van der Waals surface area contributed by atoms with E-state index in [1.54, 1.807) is 12.1 Å². The summed E-state index contributed by atoms with van der Waals surface area (Å²) in [5.41, 5.74) is 3.90. The van der Waals surface area contributed by atoms with Gasteiger partial charge in [-0.15, -0.1) is 0 Å². The topological polar surface area (TPSA) is 88.4 Å². The van der Waals surface area contributed by atoms with E-state index in [1.807, 2.05) is 18.3 Å². The first-order valence-corrected chi connectivity index (χ1v) is 12.1. The summed E-state index contributed by atoms with van der Waals surface area (Å²) in [7, 11) is -3.92. The van der Waals surface area contributed by atoms with Gasteiger partial charge in [-0.1, -0.05) is 51.1 Å². The molecule has 0 aliphatic rings. The van der Waals surface area contributed by atoms with Gasteiger partial charge in [-0.2, -0.15) is 0 Å².